The van der Waals surface area contributed by atoms with Gasteiger partial charge in [-0.3, -0.25) is 0 Å². The van der Waals surface area contributed by atoms with Crippen LogP contribution in [0.1, 0.15) is 46.7 Å². The van der Waals surface area contributed by atoms with Gasteiger partial charge >= 0.3 is 0 Å². The minimum Gasteiger partial charge on any atom is -0.369 e. The molecule has 4 aromatic carbocycles. The van der Waals surface area contributed by atoms with Gasteiger partial charge in [-0.25, -0.2) is 8.78 Å². The first-order valence-electron chi connectivity index (χ1n) is 12.4. The van der Waals surface area contributed by atoms with Crippen molar-refractivity contribution in [3.05, 3.63) is 112 Å². The maximum absolute atomic E-state index is 15.2. The zero-order valence-electron chi connectivity index (χ0n) is 20.3. The molecule has 1 aliphatic rings. The molecule has 0 bridgehead atoms. The number of nitrogens with two attached hydrogens (primary N) is 1. The minimum atomic E-state index is -0.379. The van der Waals surface area contributed by atoms with E-state index in [-0.39, 0.29) is 23.6 Å². The molecule has 1 heterocycles. The molecule has 1 unspecified atom stereocenters. The maximum Gasteiger partial charge on any atom is 0.147 e. The van der Waals surface area contributed by atoms with Gasteiger partial charge in [-0.15, -0.1) is 0 Å². The maximum atomic E-state index is 15.2. The van der Waals surface area contributed by atoms with Crippen LogP contribution in [0.25, 0.3) is 10.8 Å². The Labute approximate surface area is 210 Å². The van der Waals surface area contributed by atoms with Crippen molar-refractivity contribution < 1.29 is 8.78 Å². The van der Waals surface area contributed by atoms with E-state index in [1.165, 1.54) is 17.0 Å². The van der Waals surface area contributed by atoms with E-state index in [2.05, 4.69) is 31.2 Å². The van der Waals surface area contributed by atoms with Crippen molar-refractivity contribution in [3.8, 4) is 6.07 Å². The molecule has 5 rings (SSSR count). The largest absolute Gasteiger partial charge is 0.369 e. The zero-order chi connectivity index (χ0) is 25.2. The standard InChI is InChI=1S/C31H29F2N3/c1-20-4-2-7-27-23(5-3-6-26(20)27)17-24-9-10-25(18-28(24)32)31(35)22-12-14-36(15-13-22)30-11-8-21(19-34)16-29(30)33/h2-11,16,18,22,31H,12-15,17,35H2,1H3. The number of fused-ring (bicyclic) bond motifs is 1. The summed E-state index contributed by atoms with van der Waals surface area (Å²) in [5.41, 5.74) is 11.2. The van der Waals surface area contributed by atoms with Gasteiger partial charge in [-0.2, -0.15) is 5.26 Å². The Morgan fingerprint density at radius 1 is 0.917 bits per heavy atom. The molecular formula is C31H29F2N3. The molecule has 0 aromatic heterocycles. The highest BCUT2D eigenvalue weighted by Crippen LogP contribution is 2.33. The third kappa shape index (κ3) is 4.69. The Hall–Kier alpha value is -3.75. The average Bonchev–Trinajstić information content (AvgIpc) is 2.90. The van der Waals surface area contributed by atoms with Gasteiger partial charge in [-0.05, 0) is 83.0 Å². The van der Waals surface area contributed by atoms with Crippen LogP contribution in [-0.2, 0) is 6.42 Å². The molecule has 0 spiro atoms. The first-order chi connectivity index (χ1) is 17.4. The van der Waals surface area contributed by atoms with Crippen molar-refractivity contribution in [2.45, 2.75) is 32.2 Å². The second kappa shape index (κ2) is 10.1. The van der Waals surface area contributed by atoms with E-state index in [1.54, 1.807) is 18.2 Å². The van der Waals surface area contributed by atoms with Gasteiger partial charge in [0.05, 0.1) is 17.3 Å². The molecule has 3 nitrogen and oxygen atoms in total. The highest BCUT2D eigenvalue weighted by Gasteiger charge is 2.27. The lowest BCUT2D eigenvalue weighted by atomic mass is 9.85. The van der Waals surface area contributed by atoms with Crippen molar-refractivity contribution in [1.82, 2.24) is 0 Å². The lowest BCUT2D eigenvalue weighted by molar-refractivity contribution is 0.343. The van der Waals surface area contributed by atoms with Gasteiger partial charge in [-0.1, -0.05) is 48.5 Å². The topological polar surface area (TPSA) is 53.0 Å². The number of hydrogen-bond donors (Lipinski definition) is 1. The summed E-state index contributed by atoms with van der Waals surface area (Å²) in [6, 6.07) is 24.1. The van der Waals surface area contributed by atoms with Gasteiger partial charge < -0.3 is 10.6 Å². The van der Waals surface area contributed by atoms with Crippen LogP contribution in [0.2, 0.25) is 0 Å². The third-order valence-electron chi connectivity index (χ3n) is 7.54. The fourth-order valence-electron chi connectivity index (χ4n) is 5.41. The first kappa shape index (κ1) is 24.0. The predicted octanol–water partition coefficient (Wildman–Crippen LogP) is 6.81. The van der Waals surface area contributed by atoms with E-state index in [9.17, 15) is 4.39 Å². The number of nitrogens with zero attached hydrogens (tertiary/aromatic N) is 2. The van der Waals surface area contributed by atoms with Crippen LogP contribution in [-0.4, -0.2) is 13.1 Å². The van der Waals surface area contributed by atoms with E-state index in [4.69, 9.17) is 11.0 Å². The Morgan fingerprint density at radius 3 is 2.39 bits per heavy atom. The van der Waals surface area contributed by atoms with Crippen LogP contribution in [0.15, 0.2) is 72.8 Å². The highest BCUT2D eigenvalue weighted by molar-refractivity contribution is 5.88. The van der Waals surface area contributed by atoms with Crippen LogP contribution in [0.4, 0.5) is 14.5 Å². The summed E-state index contributed by atoms with van der Waals surface area (Å²) in [6.45, 7) is 3.43. The minimum absolute atomic E-state index is 0.189. The van der Waals surface area contributed by atoms with Crippen LogP contribution in [0, 0.1) is 35.8 Å². The molecule has 1 saturated heterocycles. The second-order valence-electron chi connectivity index (χ2n) is 9.74. The summed E-state index contributed by atoms with van der Waals surface area (Å²) in [5, 5.41) is 11.3. The van der Waals surface area contributed by atoms with Gasteiger partial charge in [0.15, 0.2) is 0 Å². The number of piperidine rings is 1. The van der Waals surface area contributed by atoms with Crippen LogP contribution < -0.4 is 10.6 Å². The Morgan fingerprint density at radius 2 is 1.67 bits per heavy atom. The molecule has 1 aliphatic heterocycles. The Kier molecular flexibility index (Phi) is 6.71. The molecule has 0 saturated carbocycles. The Balaban J connectivity index is 1.27. The molecule has 0 radical (unpaired) electrons. The molecule has 1 fully saturated rings. The van der Waals surface area contributed by atoms with Crippen molar-refractivity contribution in [1.29, 1.82) is 5.26 Å². The average molecular weight is 482 g/mol. The third-order valence-corrected chi connectivity index (χ3v) is 7.54. The number of benzene rings is 4. The fraction of sp³-hybridized carbons (Fsp3) is 0.258. The zero-order valence-corrected chi connectivity index (χ0v) is 20.3. The molecule has 1 atom stereocenters. The summed E-state index contributed by atoms with van der Waals surface area (Å²) in [6.07, 6.45) is 2.11. The first-order valence-corrected chi connectivity index (χ1v) is 12.4. The number of anilines is 1. The molecule has 5 heteroatoms. The van der Waals surface area contributed by atoms with Gasteiger partial charge in [0.2, 0.25) is 0 Å². The monoisotopic (exact) mass is 481 g/mol. The fourth-order valence-corrected chi connectivity index (χ4v) is 5.41. The number of nitriles is 1. The quantitative estimate of drug-likeness (QED) is 0.341. The van der Waals surface area contributed by atoms with Crippen LogP contribution >= 0.6 is 0 Å². The van der Waals surface area contributed by atoms with E-state index in [1.807, 2.05) is 35.2 Å². The van der Waals surface area contributed by atoms with Crippen molar-refractivity contribution in [2.75, 3.05) is 18.0 Å². The van der Waals surface area contributed by atoms with Gasteiger partial charge in [0.1, 0.15) is 11.6 Å². The van der Waals surface area contributed by atoms with Crippen LogP contribution in [0.3, 0.4) is 0 Å². The van der Waals surface area contributed by atoms with Crippen molar-refractivity contribution in [3.63, 3.8) is 0 Å². The Bertz CT molecular complexity index is 1450. The van der Waals surface area contributed by atoms with Crippen molar-refractivity contribution in [2.24, 2.45) is 11.7 Å². The van der Waals surface area contributed by atoms with E-state index in [0.717, 1.165) is 29.4 Å². The number of rotatable bonds is 5. The molecule has 2 N–H and O–H groups in total. The molecule has 4 aromatic rings. The lowest BCUT2D eigenvalue weighted by Crippen LogP contribution is -2.38. The van der Waals surface area contributed by atoms with E-state index < -0.39 is 0 Å². The molecule has 182 valence electrons. The summed E-state index contributed by atoms with van der Waals surface area (Å²) in [4.78, 5) is 2.00. The smallest absolute Gasteiger partial charge is 0.147 e. The van der Waals surface area contributed by atoms with E-state index >= 15 is 4.39 Å². The highest BCUT2D eigenvalue weighted by atomic mass is 19.1. The summed E-state index contributed by atoms with van der Waals surface area (Å²) in [7, 11) is 0. The summed E-state index contributed by atoms with van der Waals surface area (Å²) < 4.78 is 29.6. The van der Waals surface area contributed by atoms with Crippen molar-refractivity contribution >= 4 is 16.5 Å². The number of aryl methyl sites for hydroxylation is 1. The van der Waals surface area contributed by atoms with E-state index in [0.29, 0.717) is 36.3 Å². The predicted molar refractivity (Wildman–Crippen MR) is 141 cm³/mol. The molecular weight excluding hydrogens is 452 g/mol. The molecule has 0 amide bonds. The molecule has 0 aliphatic carbocycles. The normalized spacial score (nSPS) is 15.1. The van der Waals surface area contributed by atoms with Crippen LogP contribution in [0.5, 0.6) is 0 Å². The SMILES string of the molecule is Cc1cccc2c(Cc3ccc(C(N)C4CCN(c5ccc(C#N)cc5F)CC4)cc3F)cccc12. The second-order valence-corrected chi connectivity index (χ2v) is 9.74. The lowest BCUT2D eigenvalue weighted by Gasteiger charge is -2.36. The molecule has 36 heavy (non-hydrogen) atoms. The van der Waals surface area contributed by atoms with Gasteiger partial charge in [0.25, 0.3) is 0 Å². The summed E-state index contributed by atoms with van der Waals surface area (Å²) in [5.74, 6) is -0.422. The van der Waals surface area contributed by atoms with Gasteiger partial charge in [0, 0.05) is 25.6 Å². The number of hydrogen-bond acceptors (Lipinski definition) is 3. The number of halogens is 2. The summed E-state index contributed by atoms with van der Waals surface area (Å²) >= 11 is 0.